The molecular weight excluding hydrogens is 797 g/mol. The summed E-state index contributed by atoms with van der Waals surface area (Å²) in [6.45, 7) is 0. The summed E-state index contributed by atoms with van der Waals surface area (Å²) in [6.07, 6.45) is 0. The molecule has 0 saturated heterocycles. The molecule has 1 aliphatic carbocycles. The first-order valence-corrected chi connectivity index (χ1v) is 21.8. The summed E-state index contributed by atoms with van der Waals surface area (Å²) in [5.74, 6) is 2.40. The minimum atomic E-state index is -0.592. The predicted molar refractivity (Wildman–Crippen MR) is 259 cm³/mol. The summed E-state index contributed by atoms with van der Waals surface area (Å²) < 4.78 is 12.7. The van der Waals surface area contributed by atoms with Crippen molar-refractivity contribution in [1.82, 2.24) is 19.9 Å². The molecular formula is C59H36N4O2. The van der Waals surface area contributed by atoms with Crippen LogP contribution in [0.1, 0.15) is 22.3 Å². The van der Waals surface area contributed by atoms with Crippen LogP contribution in [0.2, 0.25) is 0 Å². The maximum absolute atomic E-state index is 6.49. The van der Waals surface area contributed by atoms with Gasteiger partial charge in [0.2, 0.25) is 5.89 Å². The molecule has 3 aromatic heterocycles. The number of oxazole rings is 1. The van der Waals surface area contributed by atoms with E-state index in [1.165, 1.54) is 27.8 Å². The van der Waals surface area contributed by atoms with Crippen LogP contribution >= 0.6 is 0 Å². The molecule has 0 aliphatic heterocycles. The third-order valence-electron chi connectivity index (χ3n) is 12.9. The molecule has 304 valence electrons. The van der Waals surface area contributed by atoms with Crippen LogP contribution in [0.15, 0.2) is 227 Å². The first kappa shape index (κ1) is 36.9. The van der Waals surface area contributed by atoms with E-state index < -0.39 is 5.41 Å². The van der Waals surface area contributed by atoms with E-state index in [2.05, 4.69) is 133 Å². The molecule has 3 heterocycles. The Morgan fingerprint density at radius 2 is 0.815 bits per heavy atom. The van der Waals surface area contributed by atoms with Crippen molar-refractivity contribution in [3.63, 3.8) is 0 Å². The Morgan fingerprint density at radius 1 is 0.308 bits per heavy atom. The summed E-state index contributed by atoms with van der Waals surface area (Å²) in [5.41, 5.74) is 15.7. The number of fused-ring (bicyclic) bond motifs is 7. The summed E-state index contributed by atoms with van der Waals surface area (Å²) in [5, 5.41) is 2.14. The van der Waals surface area contributed by atoms with Gasteiger partial charge >= 0.3 is 0 Å². The molecule has 0 atom stereocenters. The van der Waals surface area contributed by atoms with Crippen molar-refractivity contribution in [2.75, 3.05) is 0 Å². The van der Waals surface area contributed by atoms with Gasteiger partial charge in [-0.05, 0) is 87.0 Å². The van der Waals surface area contributed by atoms with E-state index in [9.17, 15) is 0 Å². The number of furan rings is 1. The van der Waals surface area contributed by atoms with E-state index in [0.717, 1.165) is 72.0 Å². The molecule has 13 rings (SSSR count). The van der Waals surface area contributed by atoms with Crippen molar-refractivity contribution >= 4 is 33.0 Å². The molecule has 6 heteroatoms. The van der Waals surface area contributed by atoms with Gasteiger partial charge in [0.05, 0.1) is 5.41 Å². The van der Waals surface area contributed by atoms with Gasteiger partial charge in [0.25, 0.3) is 0 Å². The van der Waals surface area contributed by atoms with Crippen molar-refractivity contribution in [1.29, 1.82) is 0 Å². The molecule has 0 amide bonds. The molecule has 9 aromatic carbocycles. The number of aromatic nitrogens is 4. The third-order valence-corrected chi connectivity index (χ3v) is 12.9. The van der Waals surface area contributed by atoms with Gasteiger partial charge in [-0.1, -0.05) is 176 Å². The average molecular weight is 833 g/mol. The summed E-state index contributed by atoms with van der Waals surface area (Å²) in [4.78, 5) is 19.9. The van der Waals surface area contributed by atoms with Crippen LogP contribution in [0.3, 0.4) is 0 Å². The number of hydrogen-bond donors (Lipinski definition) is 0. The second kappa shape index (κ2) is 14.7. The smallest absolute Gasteiger partial charge is 0.227 e. The van der Waals surface area contributed by atoms with Crippen LogP contribution in [0.5, 0.6) is 0 Å². The maximum Gasteiger partial charge on any atom is 0.227 e. The number of para-hydroxylation sites is 1. The average Bonchev–Trinajstić information content (AvgIpc) is 4.07. The highest BCUT2D eigenvalue weighted by Gasteiger charge is 2.46. The highest BCUT2D eigenvalue weighted by atomic mass is 16.3. The van der Waals surface area contributed by atoms with Crippen molar-refractivity contribution in [2.45, 2.75) is 5.41 Å². The molecule has 0 N–H and O–H groups in total. The van der Waals surface area contributed by atoms with Crippen LogP contribution in [-0.4, -0.2) is 19.9 Å². The Balaban J connectivity index is 0.886. The van der Waals surface area contributed by atoms with E-state index in [0.29, 0.717) is 23.4 Å². The monoisotopic (exact) mass is 832 g/mol. The van der Waals surface area contributed by atoms with Gasteiger partial charge in [-0.25, -0.2) is 19.9 Å². The van der Waals surface area contributed by atoms with Crippen molar-refractivity contribution in [2.24, 2.45) is 0 Å². The first-order valence-electron chi connectivity index (χ1n) is 21.8. The van der Waals surface area contributed by atoms with Crippen LogP contribution in [0.4, 0.5) is 0 Å². The lowest BCUT2D eigenvalue weighted by Gasteiger charge is -2.34. The zero-order valence-corrected chi connectivity index (χ0v) is 34.9. The molecule has 12 aromatic rings. The van der Waals surface area contributed by atoms with Gasteiger partial charge in [-0.3, -0.25) is 0 Å². The standard InChI is InChI=1S/C59H36N4O2/c1-3-13-39(14-4-1)55-61-56(63-57(62-55)42-29-33-48-47-19-9-12-22-52(47)64-53(48)35-42)40-25-23-37(24-26-40)38-27-30-43(31-28-38)59(49-20-10-7-17-45(49)46-18-8-11-21-50(46)59)44-32-34-51-54(36-44)65-58(60-51)41-15-5-2-6-16-41/h1-36H. The third kappa shape index (κ3) is 5.95. The van der Waals surface area contributed by atoms with Gasteiger partial charge < -0.3 is 8.83 Å². The Kier molecular flexibility index (Phi) is 8.33. The first-order chi connectivity index (χ1) is 32.2. The zero-order chi connectivity index (χ0) is 42.9. The van der Waals surface area contributed by atoms with Crippen LogP contribution in [0, 0.1) is 0 Å². The summed E-state index contributed by atoms with van der Waals surface area (Å²) in [7, 11) is 0. The summed E-state index contributed by atoms with van der Waals surface area (Å²) >= 11 is 0. The van der Waals surface area contributed by atoms with Crippen LogP contribution < -0.4 is 0 Å². The molecule has 0 saturated carbocycles. The number of hydrogen-bond acceptors (Lipinski definition) is 6. The lowest BCUT2D eigenvalue weighted by atomic mass is 9.67. The molecule has 6 nitrogen and oxygen atoms in total. The van der Waals surface area contributed by atoms with Gasteiger partial charge in [0.1, 0.15) is 16.7 Å². The normalized spacial score (nSPS) is 12.7. The van der Waals surface area contributed by atoms with Gasteiger partial charge in [0.15, 0.2) is 23.1 Å². The fraction of sp³-hybridized carbons (Fsp3) is 0.0169. The van der Waals surface area contributed by atoms with E-state index in [1.807, 2.05) is 84.9 Å². The molecule has 0 unspecified atom stereocenters. The largest absolute Gasteiger partial charge is 0.456 e. The SMILES string of the molecule is c1ccc(-c2nc(-c3ccc(-c4ccc(C5(c6ccc7nc(-c8ccccc8)oc7c6)c6ccccc6-c6ccccc65)cc4)cc3)nc(-c3ccc4c(c3)oc3ccccc34)n2)cc1. The minimum absolute atomic E-state index is 0.582. The van der Waals surface area contributed by atoms with Gasteiger partial charge in [0, 0.05) is 33.0 Å². The van der Waals surface area contributed by atoms with Gasteiger partial charge in [-0.15, -0.1) is 0 Å². The fourth-order valence-electron chi connectivity index (χ4n) is 9.83. The molecule has 1 aliphatic rings. The summed E-state index contributed by atoms with van der Waals surface area (Å²) in [6, 6.07) is 76.0. The molecule has 0 bridgehead atoms. The van der Waals surface area contributed by atoms with Gasteiger partial charge in [-0.2, -0.15) is 0 Å². The van der Waals surface area contributed by atoms with Crippen molar-refractivity contribution in [3.05, 3.63) is 241 Å². The van der Waals surface area contributed by atoms with Crippen LogP contribution in [0.25, 0.3) is 101 Å². The Hall–Kier alpha value is -8.74. The molecule has 0 fully saturated rings. The van der Waals surface area contributed by atoms with E-state index in [1.54, 1.807) is 0 Å². The Morgan fingerprint density at radius 3 is 1.51 bits per heavy atom. The maximum atomic E-state index is 6.49. The number of rotatable bonds is 7. The van der Waals surface area contributed by atoms with Crippen LogP contribution in [-0.2, 0) is 5.41 Å². The van der Waals surface area contributed by atoms with Crippen molar-refractivity contribution in [3.8, 4) is 67.9 Å². The van der Waals surface area contributed by atoms with E-state index in [4.69, 9.17) is 28.8 Å². The Bertz CT molecular complexity index is 3720. The van der Waals surface area contributed by atoms with Crippen molar-refractivity contribution < 1.29 is 8.83 Å². The number of nitrogens with zero attached hydrogens (tertiary/aromatic N) is 4. The molecule has 65 heavy (non-hydrogen) atoms. The number of benzene rings is 9. The topological polar surface area (TPSA) is 77.8 Å². The van der Waals surface area contributed by atoms with E-state index in [-0.39, 0.29) is 0 Å². The highest BCUT2D eigenvalue weighted by Crippen LogP contribution is 2.56. The highest BCUT2D eigenvalue weighted by molar-refractivity contribution is 6.05. The minimum Gasteiger partial charge on any atom is -0.456 e. The quantitative estimate of drug-likeness (QED) is 0.159. The lowest BCUT2D eigenvalue weighted by Crippen LogP contribution is -2.28. The fourth-order valence-corrected chi connectivity index (χ4v) is 9.83. The lowest BCUT2D eigenvalue weighted by molar-refractivity contribution is 0.618. The predicted octanol–water partition coefficient (Wildman–Crippen LogP) is 14.6. The molecule has 0 radical (unpaired) electrons. The second-order valence-corrected chi connectivity index (χ2v) is 16.5. The molecule has 0 spiro atoms. The second-order valence-electron chi connectivity index (χ2n) is 16.5. The Labute approximate surface area is 374 Å². The van der Waals surface area contributed by atoms with E-state index >= 15 is 0 Å². The zero-order valence-electron chi connectivity index (χ0n) is 34.9.